The largest absolute Gasteiger partial charge is 0.744 e. The number of aryl methyl sites for hydroxylation is 1. The molecule has 0 aliphatic carbocycles. The van der Waals surface area contributed by atoms with Crippen molar-refractivity contribution in [1.29, 1.82) is 0 Å². The van der Waals surface area contributed by atoms with Crippen LogP contribution in [0.1, 0.15) is 5.56 Å². The first-order valence-electron chi connectivity index (χ1n) is 4.96. The molecule has 0 fully saturated rings. The maximum atomic E-state index is 10.4. The van der Waals surface area contributed by atoms with Gasteiger partial charge in [0.1, 0.15) is 10.1 Å². The van der Waals surface area contributed by atoms with Gasteiger partial charge in [-0.3, -0.25) is 0 Å². The van der Waals surface area contributed by atoms with Gasteiger partial charge in [0, 0.05) is 0 Å². The summed E-state index contributed by atoms with van der Waals surface area (Å²) in [5.74, 6) is 0. The Balaban J connectivity index is 0.000000202. The Morgan fingerprint density at radius 1 is 1.35 bits per heavy atom. The SMILES string of the molecule is C[N+]1=NOCC1.Cc1ccc(S(=O)(=O)[O-])cc1. The number of benzene rings is 1. The highest BCUT2D eigenvalue weighted by Gasteiger charge is 2.05. The molecule has 1 aliphatic heterocycles. The van der Waals surface area contributed by atoms with Gasteiger partial charge in [-0.05, 0) is 19.1 Å². The molecule has 0 aromatic heterocycles. The molecule has 17 heavy (non-hydrogen) atoms. The summed E-state index contributed by atoms with van der Waals surface area (Å²) in [5.41, 5.74) is 0.928. The molecule has 0 amide bonds. The molecule has 0 unspecified atom stereocenters. The Morgan fingerprint density at radius 3 is 2.24 bits per heavy atom. The Morgan fingerprint density at radius 2 is 1.94 bits per heavy atom. The van der Waals surface area contributed by atoms with E-state index in [1.165, 1.54) is 12.1 Å². The van der Waals surface area contributed by atoms with Crippen LogP contribution in [0.3, 0.4) is 0 Å². The molecule has 6 nitrogen and oxygen atoms in total. The average molecular weight is 258 g/mol. The van der Waals surface area contributed by atoms with Gasteiger partial charge >= 0.3 is 0 Å². The summed E-state index contributed by atoms with van der Waals surface area (Å²) in [4.78, 5) is 4.43. The lowest BCUT2D eigenvalue weighted by Crippen LogP contribution is -1.98. The van der Waals surface area contributed by atoms with Gasteiger partial charge in [-0.1, -0.05) is 22.4 Å². The number of nitrogens with zero attached hydrogens (tertiary/aromatic N) is 2. The van der Waals surface area contributed by atoms with E-state index in [2.05, 4.69) is 10.1 Å². The van der Waals surface area contributed by atoms with Crippen molar-refractivity contribution in [2.24, 2.45) is 5.28 Å². The van der Waals surface area contributed by atoms with E-state index in [1.807, 2.05) is 14.0 Å². The molecule has 0 radical (unpaired) electrons. The molecule has 0 saturated carbocycles. The van der Waals surface area contributed by atoms with Gasteiger partial charge in [-0.15, -0.1) is 0 Å². The van der Waals surface area contributed by atoms with Gasteiger partial charge in [0.15, 0.2) is 18.9 Å². The van der Waals surface area contributed by atoms with Crippen LogP contribution < -0.4 is 0 Å². The van der Waals surface area contributed by atoms with Crippen molar-refractivity contribution in [2.75, 3.05) is 20.2 Å². The quantitative estimate of drug-likeness (QED) is 0.554. The van der Waals surface area contributed by atoms with E-state index in [0.29, 0.717) is 0 Å². The molecule has 1 aromatic carbocycles. The lowest BCUT2D eigenvalue weighted by molar-refractivity contribution is -0.559. The first-order valence-corrected chi connectivity index (χ1v) is 6.37. The number of likely N-dealkylation sites (N-methyl/N-ethyl adjacent to an activating group) is 1. The first kappa shape index (κ1) is 13.6. The van der Waals surface area contributed by atoms with Crippen LogP contribution in [0.25, 0.3) is 0 Å². The highest BCUT2D eigenvalue weighted by Crippen LogP contribution is 2.08. The fraction of sp³-hybridized carbons (Fsp3) is 0.400. The van der Waals surface area contributed by atoms with E-state index in [-0.39, 0.29) is 4.90 Å². The molecule has 0 bridgehead atoms. The van der Waals surface area contributed by atoms with Gasteiger partial charge in [0.25, 0.3) is 0 Å². The van der Waals surface area contributed by atoms with Gasteiger partial charge in [-0.2, -0.15) is 0 Å². The fourth-order valence-electron chi connectivity index (χ4n) is 1.06. The predicted octanol–water partition coefficient (Wildman–Crippen LogP) is 0.925. The highest BCUT2D eigenvalue weighted by molar-refractivity contribution is 7.85. The number of rotatable bonds is 1. The van der Waals surface area contributed by atoms with Crippen LogP contribution in [0.5, 0.6) is 0 Å². The minimum Gasteiger partial charge on any atom is -0.744 e. The average Bonchev–Trinajstić information content (AvgIpc) is 2.69. The third kappa shape index (κ3) is 4.92. The van der Waals surface area contributed by atoms with Crippen LogP contribution >= 0.6 is 0 Å². The Bertz CT molecular complexity index is 494. The van der Waals surface area contributed by atoms with Gasteiger partial charge in [0.2, 0.25) is 6.54 Å². The molecular formula is C10H14N2O4S. The van der Waals surface area contributed by atoms with E-state index in [0.717, 1.165) is 18.7 Å². The summed E-state index contributed by atoms with van der Waals surface area (Å²) >= 11 is 0. The van der Waals surface area contributed by atoms with Crippen molar-refractivity contribution in [2.45, 2.75) is 11.8 Å². The zero-order valence-corrected chi connectivity index (χ0v) is 10.5. The molecule has 1 heterocycles. The summed E-state index contributed by atoms with van der Waals surface area (Å²) in [6.07, 6.45) is 0. The molecule has 0 spiro atoms. The third-order valence-electron chi connectivity index (χ3n) is 2.01. The zero-order chi connectivity index (χ0) is 12.9. The summed E-state index contributed by atoms with van der Waals surface area (Å²) in [6.45, 7) is 3.50. The second-order valence-corrected chi connectivity index (χ2v) is 4.94. The molecule has 7 heteroatoms. The molecule has 0 N–H and O–H groups in total. The van der Waals surface area contributed by atoms with Gasteiger partial charge < -0.3 is 9.39 Å². The molecule has 1 aromatic rings. The van der Waals surface area contributed by atoms with Crippen LogP contribution in [0.2, 0.25) is 0 Å². The smallest absolute Gasteiger partial charge is 0.208 e. The zero-order valence-electron chi connectivity index (χ0n) is 9.66. The molecule has 0 saturated heterocycles. The van der Waals surface area contributed by atoms with Gasteiger partial charge in [0.05, 0.1) is 4.90 Å². The van der Waals surface area contributed by atoms with E-state index in [9.17, 15) is 13.0 Å². The fourth-order valence-corrected chi connectivity index (χ4v) is 1.53. The van der Waals surface area contributed by atoms with Crippen molar-refractivity contribution in [1.82, 2.24) is 0 Å². The van der Waals surface area contributed by atoms with E-state index < -0.39 is 10.1 Å². The van der Waals surface area contributed by atoms with Crippen molar-refractivity contribution in [3.05, 3.63) is 29.8 Å². The second-order valence-electron chi connectivity index (χ2n) is 3.56. The first-order chi connectivity index (χ1) is 7.89. The molecule has 2 rings (SSSR count). The topological polar surface area (TPSA) is 81.8 Å². The molecular weight excluding hydrogens is 244 g/mol. The summed E-state index contributed by atoms with van der Waals surface area (Å²) < 4.78 is 32.9. The highest BCUT2D eigenvalue weighted by atomic mass is 32.2. The van der Waals surface area contributed by atoms with E-state index in [4.69, 9.17) is 0 Å². The maximum Gasteiger partial charge on any atom is 0.208 e. The minimum absolute atomic E-state index is 0.178. The third-order valence-corrected chi connectivity index (χ3v) is 2.86. The molecule has 1 aliphatic rings. The van der Waals surface area contributed by atoms with Crippen molar-refractivity contribution in [3.8, 4) is 0 Å². The summed E-state index contributed by atoms with van der Waals surface area (Å²) in [7, 11) is -2.39. The number of hydrogen-bond donors (Lipinski definition) is 0. The predicted molar refractivity (Wildman–Crippen MR) is 58.6 cm³/mol. The Hall–Kier alpha value is -1.47. The lowest BCUT2D eigenvalue weighted by atomic mass is 10.2. The van der Waals surface area contributed by atoms with Gasteiger partial charge in [-0.25, -0.2) is 8.42 Å². The van der Waals surface area contributed by atoms with Crippen LogP contribution in [0, 0.1) is 6.92 Å². The lowest BCUT2D eigenvalue weighted by Gasteiger charge is -2.05. The summed E-state index contributed by atoms with van der Waals surface area (Å²) in [6, 6.07) is 5.78. The maximum absolute atomic E-state index is 10.4. The van der Waals surface area contributed by atoms with E-state index >= 15 is 0 Å². The Kier molecular flexibility index (Phi) is 4.59. The monoisotopic (exact) mass is 258 g/mol. The Labute approximate surface area is 100 Å². The van der Waals surface area contributed by atoms with Crippen LogP contribution in [-0.2, 0) is 15.0 Å². The standard InChI is InChI=1S/C7H8O3S.C3H7N2O/c1-6-2-4-7(5-3-6)11(8,9)10;1-5-2-3-6-4-5/h2-5H,1H3,(H,8,9,10);2-3H2,1H3/q;+1/p-1. The number of hydrogen-bond acceptors (Lipinski definition) is 5. The minimum atomic E-state index is -4.27. The van der Waals surface area contributed by atoms with Crippen molar-refractivity contribution >= 4 is 10.1 Å². The van der Waals surface area contributed by atoms with Crippen molar-refractivity contribution in [3.63, 3.8) is 0 Å². The normalized spacial score (nSPS) is 14.4. The summed E-state index contributed by atoms with van der Waals surface area (Å²) in [5, 5.41) is 3.57. The molecule has 94 valence electrons. The molecule has 0 atom stereocenters. The second kappa shape index (κ2) is 5.74. The van der Waals surface area contributed by atoms with Crippen LogP contribution in [0.4, 0.5) is 0 Å². The van der Waals surface area contributed by atoms with E-state index in [1.54, 1.807) is 16.8 Å². The van der Waals surface area contributed by atoms with Crippen LogP contribution in [-0.4, -0.2) is 37.9 Å². The van der Waals surface area contributed by atoms with Crippen LogP contribution in [0.15, 0.2) is 34.4 Å². The van der Waals surface area contributed by atoms with Crippen molar-refractivity contribution < 1.29 is 22.5 Å².